The van der Waals surface area contributed by atoms with Crippen molar-refractivity contribution in [2.45, 2.75) is 13.8 Å². The number of para-hydroxylation sites is 1. The second-order valence-corrected chi connectivity index (χ2v) is 6.60. The number of amidine groups is 1. The zero-order chi connectivity index (χ0) is 18.0. The molecule has 1 aliphatic rings. The molecule has 25 heavy (non-hydrogen) atoms. The van der Waals surface area contributed by atoms with Crippen LogP contribution >= 0.6 is 11.8 Å². The van der Waals surface area contributed by atoms with E-state index in [1.807, 2.05) is 44.2 Å². The molecule has 2 aromatic rings. The average molecular weight is 354 g/mol. The van der Waals surface area contributed by atoms with Crippen LogP contribution in [-0.2, 0) is 4.79 Å². The highest BCUT2D eigenvalue weighted by molar-refractivity contribution is 8.18. The Morgan fingerprint density at radius 3 is 2.56 bits per heavy atom. The lowest BCUT2D eigenvalue weighted by Crippen LogP contribution is -2.19. The first kappa shape index (κ1) is 17.1. The van der Waals surface area contributed by atoms with Crippen LogP contribution in [0.1, 0.15) is 18.1 Å². The lowest BCUT2D eigenvalue weighted by atomic mass is 10.1. The van der Waals surface area contributed by atoms with Gasteiger partial charge in [0.2, 0.25) is 0 Å². The van der Waals surface area contributed by atoms with Crippen LogP contribution in [0.3, 0.4) is 0 Å². The van der Waals surface area contributed by atoms with E-state index in [0.29, 0.717) is 15.8 Å². The molecule has 1 saturated heterocycles. The number of amides is 1. The molecule has 6 heteroatoms. The molecule has 0 saturated carbocycles. The average Bonchev–Trinajstić information content (AvgIpc) is 2.98. The number of aryl methyl sites for hydroxylation is 1. The molecule has 5 nitrogen and oxygen atoms in total. The number of phenols is 1. The lowest BCUT2D eigenvalue weighted by molar-refractivity contribution is -0.115. The summed E-state index contributed by atoms with van der Waals surface area (Å²) in [7, 11) is 1.62. The molecule has 2 N–H and O–H groups in total. The Labute approximate surface area is 150 Å². The van der Waals surface area contributed by atoms with Gasteiger partial charge in [-0.3, -0.25) is 4.79 Å². The molecule has 128 valence electrons. The quantitative estimate of drug-likeness (QED) is 0.818. The topological polar surface area (TPSA) is 70.9 Å². The normalized spacial score (nSPS) is 17.6. The summed E-state index contributed by atoms with van der Waals surface area (Å²) in [5, 5.41) is 13.2. The van der Waals surface area contributed by atoms with E-state index in [1.54, 1.807) is 19.2 Å². The van der Waals surface area contributed by atoms with Crippen molar-refractivity contribution in [3.63, 3.8) is 0 Å². The number of hydrogen-bond donors (Lipinski definition) is 2. The molecule has 0 bridgehead atoms. The van der Waals surface area contributed by atoms with Gasteiger partial charge in [-0.1, -0.05) is 24.3 Å². The first-order valence-electron chi connectivity index (χ1n) is 7.71. The summed E-state index contributed by atoms with van der Waals surface area (Å²) >= 11 is 1.27. The third-order valence-corrected chi connectivity index (χ3v) is 5.00. The number of carbonyl (C=O) groups excluding carboxylic acids is 1. The second-order valence-electron chi connectivity index (χ2n) is 5.60. The summed E-state index contributed by atoms with van der Waals surface area (Å²) in [6.07, 6.45) is 0. The standard InChI is InChI=1S/C19H18N2O3S/c1-11-5-4-6-15(22)16(11)20-19-21-18(23)17(25-19)12(2)13-7-9-14(24-3)10-8-13/h4-10,22H,1-3H3,(H,20,21,23)/b17-12-. The monoisotopic (exact) mass is 354 g/mol. The number of benzene rings is 2. The van der Waals surface area contributed by atoms with Crippen LogP contribution in [0.25, 0.3) is 5.57 Å². The van der Waals surface area contributed by atoms with Crippen LogP contribution in [0.4, 0.5) is 5.69 Å². The number of thioether (sulfide) groups is 1. The van der Waals surface area contributed by atoms with Gasteiger partial charge in [-0.2, -0.15) is 0 Å². The van der Waals surface area contributed by atoms with Crippen LogP contribution in [0.2, 0.25) is 0 Å². The third kappa shape index (κ3) is 3.53. The Kier molecular flexibility index (Phi) is 4.81. The van der Waals surface area contributed by atoms with Crippen molar-refractivity contribution in [3.05, 3.63) is 58.5 Å². The number of phenolic OH excluding ortho intramolecular Hbond substituents is 1. The minimum absolute atomic E-state index is 0.0895. The van der Waals surface area contributed by atoms with E-state index in [9.17, 15) is 9.90 Å². The highest BCUT2D eigenvalue weighted by Crippen LogP contribution is 2.36. The smallest absolute Gasteiger partial charge is 0.264 e. The van der Waals surface area contributed by atoms with Gasteiger partial charge >= 0.3 is 0 Å². The predicted molar refractivity (Wildman–Crippen MR) is 101 cm³/mol. The molecule has 1 amide bonds. The number of methoxy groups -OCH3 is 1. The molecular formula is C19H18N2O3S. The van der Waals surface area contributed by atoms with E-state index < -0.39 is 0 Å². The van der Waals surface area contributed by atoms with Crippen LogP contribution in [0.15, 0.2) is 52.4 Å². The van der Waals surface area contributed by atoms with E-state index in [1.165, 1.54) is 11.8 Å². The molecule has 2 aromatic carbocycles. The number of carbonyl (C=O) groups is 1. The fourth-order valence-corrected chi connectivity index (χ4v) is 3.37. The summed E-state index contributed by atoms with van der Waals surface area (Å²) in [5.41, 5.74) is 3.11. The van der Waals surface area contributed by atoms with E-state index >= 15 is 0 Å². The summed E-state index contributed by atoms with van der Waals surface area (Å²) in [4.78, 5) is 17.3. The number of nitrogens with one attached hydrogen (secondary N) is 1. The number of nitrogens with zero attached hydrogens (tertiary/aromatic N) is 1. The van der Waals surface area contributed by atoms with Gasteiger partial charge in [0.05, 0.1) is 12.0 Å². The Bertz CT molecular complexity index is 866. The Morgan fingerprint density at radius 2 is 1.92 bits per heavy atom. The molecule has 0 radical (unpaired) electrons. The highest BCUT2D eigenvalue weighted by atomic mass is 32.2. The summed E-state index contributed by atoms with van der Waals surface area (Å²) < 4.78 is 5.16. The number of aromatic hydroxyl groups is 1. The Morgan fingerprint density at radius 1 is 1.20 bits per heavy atom. The molecule has 0 aromatic heterocycles. The second kappa shape index (κ2) is 7.03. The van der Waals surface area contributed by atoms with Crippen molar-refractivity contribution in [1.29, 1.82) is 0 Å². The number of ether oxygens (including phenoxy) is 1. The van der Waals surface area contributed by atoms with Crippen LogP contribution in [0.5, 0.6) is 11.5 Å². The molecule has 3 rings (SSSR count). The fraction of sp³-hybridized carbons (Fsp3) is 0.158. The first-order chi connectivity index (χ1) is 12.0. The van der Waals surface area contributed by atoms with Crippen molar-refractivity contribution in [3.8, 4) is 11.5 Å². The maximum absolute atomic E-state index is 12.3. The Hall–Kier alpha value is -2.73. The van der Waals surface area contributed by atoms with Gasteiger partial charge in [0.15, 0.2) is 5.17 Å². The first-order valence-corrected chi connectivity index (χ1v) is 8.53. The van der Waals surface area contributed by atoms with Crippen LogP contribution in [-0.4, -0.2) is 23.3 Å². The van der Waals surface area contributed by atoms with E-state index in [0.717, 1.165) is 22.4 Å². The number of hydrogen-bond acceptors (Lipinski definition) is 5. The molecule has 0 spiro atoms. The molecule has 0 unspecified atom stereocenters. The molecule has 0 aliphatic carbocycles. The van der Waals surface area contributed by atoms with Gasteiger partial charge in [-0.15, -0.1) is 0 Å². The molecule has 1 heterocycles. The predicted octanol–water partition coefficient (Wildman–Crippen LogP) is 3.99. The molecule has 0 atom stereocenters. The van der Waals surface area contributed by atoms with Crippen LogP contribution in [0, 0.1) is 6.92 Å². The fourth-order valence-electron chi connectivity index (χ4n) is 2.48. The minimum atomic E-state index is -0.190. The SMILES string of the molecule is COc1ccc(/C(C)=C2\SC(=Nc3c(C)cccc3O)NC2=O)cc1. The summed E-state index contributed by atoms with van der Waals surface area (Å²) in [6.45, 7) is 3.76. The largest absolute Gasteiger partial charge is 0.506 e. The minimum Gasteiger partial charge on any atom is -0.506 e. The maximum Gasteiger partial charge on any atom is 0.264 e. The van der Waals surface area contributed by atoms with Crippen molar-refractivity contribution in [1.82, 2.24) is 5.32 Å². The highest BCUT2D eigenvalue weighted by Gasteiger charge is 2.26. The maximum atomic E-state index is 12.3. The third-order valence-electron chi connectivity index (χ3n) is 3.92. The van der Waals surface area contributed by atoms with Gasteiger partial charge < -0.3 is 15.2 Å². The number of allylic oxidation sites excluding steroid dienone is 1. The van der Waals surface area contributed by atoms with Gasteiger partial charge in [0.1, 0.15) is 17.2 Å². The van der Waals surface area contributed by atoms with Crippen molar-refractivity contribution < 1.29 is 14.6 Å². The van der Waals surface area contributed by atoms with E-state index in [2.05, 4.69) is 10.3 Å². The van der Waals surface area contributed by atoms with Gasteiger partial charge in [-0.25, -0.2) is 4.99 Å². The zero-order valence-electron chi connectivity index (χ0n) is 14.2. The van der Waals surface area contributed by atoms with Gasteiger partial charge in [-0.05, 0) is 60.5 Å². The van der Waals surface area contributed by atoms with Crippen molar-refractivity contribution in [2.75, 3.05) is 7.11 Å². The molecular weight excluding hydrogens is 336 g/mol. The molecule has 1 aliphatic heterocycles. The zero-order valence-corrected chi connectivity index (χ0v) is 15.0. The summed E-state index contributed by atoms with van der Waals surface area (Å²) in [6, 6.07) is 12.7. The van der Waals surface area contributed by atoms with Gasteiger partial charge in [0.25, 0.3) is 5.91 Å². The van der Waals surface area contributed by atoms with Crippen molar-refractivity contribution >= 4 is 34.1 Å². The lowest BCUT2D eigenvalue weighted by Gasteiger charge is -2.05. The van der Waals surface area contributed by atoms with Gasteiger partial charge in [0, 0.05) is 0 Å². The number of aliphatic imine (C=N–C) groups is 1. The summed E-state index contributed by atoms with van der Waals surface area (Å²) in [5.74, 6) is 0.666. The van der Waals surface area contributed by atoms with Crippen molar-refractivity contribution in [2.24, 2.45) is 4.99 Å². The van der Waals surface area contributed by atoms with E-state index in [-0.39, 0.29) is 11.7 Å². The van der Waals surface area contributed by atoms with E-state index in [4.69, 9.17) is 4.74 Å². The van der Waals surface area contributed by atoms with Crippen LogP contribution < -0.4 is 10.1 Å². The molecule has 1 fully saturated rings. The Balaban J connectivity index is 1.92. The number of rotatable bonds is 3.